The van der Waals surface area contributed by atoms with Crippen molar-refractivity contribution in [3.8, 4) is 0 Å². The van der Waals surface area contributed by atoms with Gasteiger partial charge in [0.15, 0.2) is 0 Å². The van der Waals surface area contributed by atoms with Gasteiger partial charge in [0.1, 0.15) is 11.6 Å². The van der Waals surface area contributed by atoms with Crippen LogP contribution >= 0.6 is 11.6 Å². The molecule has 0 saturated heterocycles. The van der Waals surface area contributed by atoms with Crippen LogP contribution in [0.5, 0.6) is 0 Å². The minimum atomic E-state index is -0.482. The van der Waals surface area contributed by atoms with Crippen LogP contribution in [0.1, 0.15) is 5.56 Å². The SMILES string of the molecule is Fc1[c]ccc(CNc2ccc(Cl)c(F)c2)c1. The number of rotatable bonds is 3. The largest absolute Gasteiger partial charge is 0.381 e. The third-order valence-electron chi connectivity index (χ3n) is 2.25. The maximum Gasteiger partial charge on any atom is 0.143 e. The number of hydrogen-bond donors (Lipinski definition) is 1. The Balaban J connectivity index is 2.05. The fourth-order valence-electron chi connectivity index (χ4n) is 1.40. The fraction of sp³-hybridized carbons (Fsp3) is 0.0769. The average Bonchev–Trinajstić information content (AvgIpc) is 2.31. The Morgan fingerprint density at radius 1 is 1.18 bits per heavy atom. The average molecular weight is 253 g/mol. The van der Waals surface area contributed by atoms with Gasteiger partial charge in [-0.05, 0) is 29.8 Å². The molecule has 0 fully saturated rings. The highest BCUT2D eigenvalue weighted by Crippen LogP contribution is 2.19. The molecule has 1 N–H and O–H groups in total. The summed E-state index contributed by atoms with van der Waals surface area (Å²) >= 11 is 5.56. The summed E-state index contributed by atoms with van der Waals surface area (Å²) < 4.78 is 26.0. The van der Waals surface area contributed by atoms with Crippen LogP contribution in [0.2, 0.25) is 5.02 Å². The van der Waals surface area contributed by atoms with Crippen molar-refractivity contribution in [3.05, 3.63) is 64.7 Å². The van der Waals surface area contributed by atoms with Crippen LogP contribution in [0.25, 0.3) is 0 Å². The van der Waals surface area contributed by atoms with E-state index in [4.69, 9.17) is 11.6 Å². The van der Waals surface area contributed by atoms with Crippen molar-refractivity contribution in [1.29, 1.82) is 0 Å². The molecule has 0 amide bonds. The van der Waals surface area contributed by atoms with E-state index in [2.05, 4.69) is 11.4 Å². The molecule has 0 spiro atoms. The molecule has 2 aromatic carbocycles. The number of benzene rings is 2. The zero-order valence-corrected chi connectivity index (χ0v) is 9.56. The second kappa shape index (κ2) is 5.15. The van der Waals surface area contributed by atoms with E-state index in [1.54, 1.807) is 12.1 Å². The van der Waals surface area contributed by atoms with E-state index < -0.39 is 11.6 Å². The third-order valence-corrected chi connectivity index (χ3v) is 2.55. The summed E-state index contributed by atoms with van der Waals surface area (Å²) in [6.07, 6.45) is 0. The van der Waals surface area contributed by atoms with E-state index in [0.29, 0.717) is 12.2 Å². The zero-order chi connectivity index (χ0) is 12.3. The van der Waals surface area contributed by atoms with Gasteiger partial charge in [0.2, 0.25) is 0 Å². The van der Waals surface area contributed by atoms with E-state index in [-0.39, 0.29) is 5.02 Å². The Labute approximate surface area is 103 Å². The first kappa shape index (κ1) is 11.9. The van der Waals surface area contributed by atoms with Gasteiger partial charge < -0.3 is 5.32 Å². The molecule has 0 aliphatic rings. The molecule has 0 heterocycles. The Morgan fingerprint density at radius 2 is 2.00 bits per heavy atom. The highest BCUT2D eigenvalue weighted by Gasteiger charge is 2.01. The van der Waals surface area contributed by atoms with Crippen molar-refractivity contribution in [3.63, 3.8) is 0 Å². The summed E-state index contributed by atoms with van der Waals surface area (Å²) in [6.45, 7) is 0.409. The van der Waals surface area contributed by atoms with E-state index in [1.165, 1.54) is 24.3 Å². The van der Waals surface area contributed by atoms with Crippen LogP contribution in [0.4, 0.5) is 14.5 Å². The Kier molecular flexibility index (Phi) is 3.59. The van der Waals surface area contributed by atoms with Gasteiger partial charge >= 0.3 is 0 Å². The van der Waals surface area contributed by atoms with Crippen LogP contribution in [0, 0.1) is 17.7 Å². The number of nitrogens with one attached hydrogen (secondary N) is 1. The molecule has 0 aromatic heterocycles. The van der Waals surface area contributed by atoms with E-state index >= 15 is 0 Å². The van der Waals surface area contributed by atoms with Gasteiger partial charge in [-0.15, -0.1) is 0 Å². The molecule has 0 unspecified atom stereocenters. The van der Waals surface area contributed by atoms with E-state index in [1.807, 2.05) is 0 Å². The third kappa shape index (κ3) is 3.17. The quantitative estimate of drug-likeness (QED) is 0.870. The van der Waals surface area contributed by atoms with E-state index in [9.17, 15) is 8.78 Å². The van der Waals surface area contributed by atoms with Crippen LogP contribution in [-0.2, 0) is 6.54 Å². The van der Waals surface area contributed by atoms with Crippen LogP contribution in [0.3, 0.4) is 0 Å². The minimum absolute atomic E-state index is 0.0795. The molecule has 0 aliphatic heterocycles. The molecule has 0 bridgehead atoms. The fourth-order valence-corrected chi connectivity index (χ4v) is 1.52. The van der Waals surface area contributed by atoms with Crippen molar-refractivity contribution in [2.75, 3.05) is 5.32 Å². The van der Waals surface area contributed by atoms with Crippen molar-refractivity contribution < 1.29 is 8.78 Å². The Bertz CT molecular complexity index is 529. The van der Waals surface area contributed by atoms with Crippen LogP contribution in [0.15, 0.2) is 36.4 Å². The van der Waals surface area contributed by atoms with Gasteiger partial charge in [0.05, 0.1) is 5.02 Å². The summed E-state index contributed by atoms with van der Waals surface area (Å²) in [5.74, 6) is -0.893. The summed E-state index contributed by atoms with van der Waals surface area (Å²) in [4.78, 5) is 0. The monoisotopic (exact) mass is 252 g/mol. The van der Waals surface area contributed by atoms with Crippen LogP contribution in [-0.4, -0.2) is 0 Å². The highest BCUT2D eigenvalue weighted by molar-refractivity contribution is 6.30. The van der Waals surface area contributed by atoms with Gasteiger partial charge in [-0.2, -0.15) is 0 Å². The predicted molar refractivity (Wildman–Crippen MR) is 64.0 cm³/mol. The molecule has 87 valence electrons. The molecular weight excluding hydrogens is 244 g/mol. The van der Waals surface area contributed by atoms with Gasteiger partial charge in [-0.3, -0.25) is 0 Å². The first-order valence-electron chi connectivity index (χ1n) is 5.00. The zero-order valence-electron chi connectivity index (χ0n) is 8.81. The van der Waals surface area contributed by atoms with Gasteiger partial charge in [0, 0.05) is 18.3 Å². The molecule has 2 aromatic rings. The highest BCUT2D eigenvalue weighted by atomic mass is 35.5. The van der Waals surface area contributed by atoms with Crippen molar-refractivity contribution >= 4 is 17.3 Å². The lowest BCUT2D eigenvalue weighted by Gasteiger charge is -2.07. The molecular formula is C13H9ClF2N. The second-order valence-electron chi connectivity index (χ2n) is 3.53. The minimum Gasteiger partial charge on any atom is -0.381 e. The first-order valence-corrected chi connectivity index (χ1v) is 5.38. The lowest BCUT2D eigenvalue weighted by molar-refractivity contribution is 0.623. The topological polar surface area (TPSA) is 12.0 Å². The maximum atomic E-state index is 13.1. The lowest BCUT2D eigenvalue weighted by atomic mass is 10.2. The summed E-state index contributed by atoms with van der Waals surface area (Å²) in [5.41, 5.74) is 1.36. The number of hydrogen-bond acceptors (Lipinski definition) is 1. The molecule has 4 heteroatoms. The molecule has 0 aliphatic carbocycles. The molecule has 1 radical (unpaired) electrons. The van der Waals surface area contributed by atoms with Crippen LogP contribution < -0.4 is 5.32 Å². The smallest absolute Gasteiger partial charge is 0.143 e. The standard InChI is InChI=1S/C13H9ClF2N/c14-12-5-4-11(7-13(12)16)17-8-9-2-1-3-10(15)6-9/h1-2,4-7,17H,8H2. The summed E-state index contributed by atoms with van der Waals surface area (Å²) in [7, 11) is 0. The lowest BCUT2D eigenvalue weighted by Crippen LogP contribution is -2.00. The van der Waals surface area contributed by atoms with Crippen molar-refractivity contribution in [2.45, 2.75) is 6.54 Å². The van der Waals surface area contributed by atoms with Crippen molar-refractivity contribution in [2.24, 2.45) is 0 Å². The first-order chi connectivity index (χ1) is 8.15. The molecule has 1 nitrogen and oxygen atoms in total. The van der Waals surface area contributed by atoms with Gasteiger partial charge in [-0.1, -0.05) is 23.7 Å². The summed E-state index contributed by atoms with van der Waals surface area (Å²) in [6, 6.07) is 11.5. The second-order valence-corrected chi connectivity index (χ2v) is 3.93. The Hall–Kier alpha value is -1.61. The Morgan fingerprint density at radius 3 is 2.71 bits per heavy atom. The molecule has 0 atom stereocenters. The van der Waals surface area contributed by atoms with E-state index in [0.717, 1.165) is 5.56 Å². The maximum absolute atomic E-state index is 13.1. The van der Waals surface area contributed by atoms with Gasteiger partial charge in [0.25, 0.3) is 0 Å². The molecule has 2 rings (SSSR count). The summed E-state index contributed by atoms with van der Waals surface area (Å²) in [5, 5.41) is 3.06. The molecule has 0 saturated carbocycles. The van der Waals surface area contributed by atoms with Gasteiger partial charge in [-0.25, -0.2) is 8.78 Å². The molecule has 17 heavy (non-hydrogen) atoms. The number of halogens is 3. The predicted octanol–water partition coefficient (Wildman–Crippen LogP) is 4.03. The number of anilines is 1. The van der Waals surface area contributed by atoms with Crippen molar-refractivity contribution in [1.82, 2.24) is 0 Å². The normalized spacial score (nSPS) is 10.3.